The molecule has 0 radical (unpaired) electrons. The zero-order valence-corrected chi connectivity index (χ0v) is 14.0. The quantitative estimate of drug-likeness (QED) is 0.848. The number of nitrogens with one attached hydrogen (secondary N) is 1. The van der Waals surface area contributed by atoms with E-state index in [-0.39, 0.29) is 12.6 Å². The van der Waals surface area contributed by atoms with Crippen molar-refractivity contribution in [2.75, 3.05) is 13.7 Å². The van der Waals surface area contributed by atoms with Gasteiger partial charge in [-0.15, -0.1) is 0 Å². The van der Waals surface area contributed by atoms with Gasteiger partial charge in [-0.05, 0) is 23.9 Å². The molecular formula is C18H18FN3O3. The molecule has 1 aromatic carbocycles. The van der Waals surface area contributed by atoms with Gasteiger partial charge in [0, 0.05) is 17.5 Å². The fraction of sp³-hybridized carbons (Fsp3) is 0.389. The van der Waals surface area contributed by atoms with Gasteiger partial charge in [-0.25, -0.2) is 9.24 Å². The van der Waals surface area contributed by atoms with E-state index in [0.717, 1.165) is 10.8 Å². The lowest BCUT2D eigenvalue weighted by Gasteiger charge is -2.19. The molecular weight excluding hydrogens is 325 g/mol. The number of carbonyl (C=O) groups is 1. The third-order valence-corrected chi connectivity index (χ3v) is 4.50. The molecule has 7 heteroatoms. The molecule has 0 saturated carbocycles. The molecule has 1 fully saturated rings. The van der Waals surface area contributed by atoms with Crippen molar-refractivity contribution in [3.63, 3.8) is 0 Å². The van der Waals surface area contributed by atoms with Crippen LogP contribution in [0.2, 0.25) is 0 Å². The number of carbonyl (C=O) groups excluding carboxylic acids is 1. The van der Waals surface area contributed by atoms with E-state index in [1.807, 2.05) is 6.92 Å². The van der Waals surface area contributed by atoms with Crippen molar-refractivity contribution in [1.29, 1.82) is 0 Å². The van der Waals surface area contributed by atoms with Gasteiger partial charge in [-0.1, -0.05) is 6.92 Å². The lowest BCUT2D eigenvalue weighted by Crippen LogP contribution is -2.34. The van der Waals surface area contributed by atoms with Crippen LogP contribution in [0.15, 0.2) is 24.5 Å². The molecule has 0 bridgehead atoms. The molecule has 1 aromatic heterocycles. The summed E-state index contributed by atoms with van der Waals surface area (Å²) in [4.78, 5) is 19.1. The maximum atomic E-state index is 13.9. The first-order valence-corrected chi connectivity index (χ1v) is 7.99. The number of fused-ring (bicyclic) bond motifs is 1. The topological polar surface area (TPSA) is 64.8 Å². The van der Waals surface area contributed by atoms with Gasteiger partial charge < -0.3 is 14.8 Å². The number of nitrogens with zero attached hydrogens (tertiary/aromatic N) is 2. The molecule has 1 aliphatic rings. The largest absolute Gasteiger partial charge is 0.508 e. The molecule has 2 aromatic rings. The highest BCUT2D eigenvalue weighted by atomic mass is 19.1. The molecule has 2 heterocycles. The van der Waals surface area contributed by atoms with Crippen molar-refractivity contribution in [1.82, 2.24) is 10.3 Å². The van der Waals surface area contributed by atoms with Crippen LogP contribution in [0.5, 0.6) is 11.5 Å². The van der Waals surface area contributed by atoms with Crippen molar-refractivity contribution >= 4 is 22.4 Å². The second-order valence-electron chi connectivity index (χ2n) is 5.89. The summed E-state index contributed by atoms with van der Waals surface area (Å²) in [5, 5.41) is 4.13. The van der Waals surface area contributed by atoms with Gasteiger partial charge in [0.2, 0.25) is 5.69 Å². The average Bonchev–Trinajstić information content (AvgIpc) is 2.91. The number of methoxy groups -OCH3 is 1. The molecule has 130 valence electrons. The van der Waals surface area contributed by atoms with Gasteiger partial charge in [0.25, 0.3) is 5.91 Å². The van der Waals surface area contributed by atoms with E-state index in [0.29, 0.717) is 23.6 Å². The zero-order valence-electron chi connectivity index (χ0n) is 14.0. The minimum atomic E-state index is -1.49. The van der Waals surface area contributed by atoms with Crippen molar-refractivity contribution in [2.45, 2.75) is 25.6 Å². The SMILES string of the molecule is [C-]#[N+]c1cc2cncc(OC[C@H]3NC(=O)[C@@H](F)[C@H]3CC)c2cc1OC. The van der Waals surface area contributed by atoms with Gasteiger partial charge in [0.15, 0.2) is 6.17 Å². The van der Waals surface area contributed by atoms with Crippen LogP contribution in [0.4, 0.5) is 10.1 Å². The number of aromatic nitrogens is 1. The summed E-state index contributed by atoms with van der Waals surface area (Å²) in [6.07, 6.45) is 2.25. The molecule has 1 saturated heterocycles. The van der Waals surface area contributed by atoms with Crippen molar-refractivity contribution < 1.29 is 18.7 Å². The molecule has 1 aliphatic heterocycles. The van der Waals surface area contributed by atoms with Crippen LogP contribution in [0.25, 0.3) is 15.6 Å². The maximum absolute atomic E-state index is 13.9. The number of benzene rings is 1. The Kier molecular flexibility index (Phi) is 4.70. The third kappa shape index (κ3) is 3.07. The van der Waals surface area contributed by atoms with Gasteiger partial charge in [0.05, 0.1) is 25.9 Å². The van der Waals surface area contributed by atoms with E-state index >= 15 is 0 Å². The van der Waals surface area contributed by atoms with Crippen LogP contribution in [-0.4, -0.2) is 36.8 Å². The van der Waals surface area contributed by atoms with Crippen LogP contribution < -0.4 is 14.8 Å². The van der Waals surface area contributed by atoms with E-state index in [1.54, 1.807) is 24.5 Å². The van der Waals surface area contributed by atoms with E-state index in [9.17, 15) is 9.18 Å². The summed E-state index contributed by atoms with van der Waals surface area (Å²) in [5.41, 5.74) is 0.392. The first-order valence-electron chi connectivity index (χ1n) is 7.99. The number of pyridine rings is 1. The number of ether oxygens (including phenoxy) is 2. The second-order valence-corrected chi connectivity index (χ2v) is 5.89. The first-order chi connectivity index (χ1) is 12.1. The Morgan fingerprint density at radius 1 is 1.36 bits per heavy atom. The lowest BCUT2D eigenvalue weighted by molar-refractivity contribution is -0.123. The Hall–Kier alpha value is -2.88. The molecule has 6 nitrogen and oxygen atoms in total. The van der Waals surface area contributed by atoms with Gasteiger partial charge in [-0.3, -0.25) is 9.78 Å². The van der Waals surface area contributed by atoms with E-state index in [1.165, 1.54) is 7.11 Å². The number of halogens is 1. The van der Waals surface area contributed by atoms with Crippen LogP contribution in [0, 0.1) is 12.5 Å². The first kappa shape index (κ1) is 17.0. The summed E-state index contributed by atoms with van der Waals surface area (Å²) in [6, 6.07) is 3.03. The van der Waals surface area contributed by atoms with E-state index in [4.69, 9.17) is 16.0 Å². The predicted molar refractivity (Wildman–Crippen MR) is 90.7 cm³/mol. The monoisotopic (exact) mass is 343 g/mol. The Labute approximate surface area is 144 Å². The maximum Gasteiger partial charge on any atom is 0.255 e. The number of amides is 1. The van der Waals surface area contributed by atoms with Crippen LogP contribution >= 0.6 is 0 Å². The fourth-order valence-electron chi connectivity index (χ4n) is 3.13. The number of hydrogen-bond acceptors (Lipinski definition) is 4. The predicted octanol–water partition coefficient (Wildman–Crippen LogP) is 3.04. The highest BCUT2D eigenvalue weighted by Crippen LogP contribution is 2.36. The van der Waals surface area contributed by atoms with Crippen molar-refractivity contribution in [2.24, 2.45) is 5.92 Å². The molecule has 0 unspecified atom stereocenters. The molecule has 1 N–H and O–H groups in total. The van der Waals surface area contributed by atoms with E-state index < -0.39 is 18.0 Å². The summed E-state index contributed by atoms with van der Waals surface area (Å²) < 4.78 is 24.9. The average molecular weight is 343 g/mol. The van der Waals surface area contributed by atoms with Gasteiger partial charge in [0.1, 0.15) is 18.1 Å². The summed E-state index contributed by atoms with van der Waals surface area (Å²) in [6.45, 7) is 9.21. The minimum Gasteiger partial charge on any atom is -0.508 e. The molecule has 1 amide bonds. The molecule has 0 aliphatic carbocycles. The Bertz CT molecular complexity index is 849. The number of alkyl halides is 1. The minimum absolute atomic E-state index is 0.151. The van der Waals surface area contributed by atoms with Crippen molar-refractivity contribution in [3.05, 3.63) is 35.9 Å². The molecule has 3 rings (SSSR count). The van der Waals surface area contributed by atoms with Gasteiger partial charge >= 0.3 is 0 Å². The highest BCUT2D eigenvalue weighted by Gasteiger charge is 2.41. The highest BCUT2D eigenvalue weighted by molar-refractivity contribution is 5.92. The normalized spacial score (nSPS) is 22.5. The molecule has 25 heavy (non-hydrogen) atoms. The Morgan fingerprint density at radius 3 is 2.84 bits per heavy atom. The summed E-state index contributed by atoms with van der Waals surface area (Å²) >= 11 is 0. The lowest BCUT2D eigenvalue weighted by atomic mass is 9.97. The summed E-state index contributed by atoms with van der Waals surface area (Å²) in [7, 11) is 1.50. The van der Waals surface area contributed by atoms with E-state index in [2.05, 4.69) is 15.1 Å². The summed E-state index contributed by atoms with van der Waals surface area (Å²) in [5.74, 6) is -0.0414. The standard InChI is InChI=1S/C18H18FN3O3/c1-4-11-14(22-18(23)17(11)19)9-25-16-8-21-7-10-5-13(20-2)15(24-3)6-12(10)16/h5-8,11,14,17H,4,9H2,1,3H3,(H,22,23)/t11-,14+,17-/m0/s1. The Morgan fingerprint density at radius 2 is 2.16 bits per heavy atom. The van der Waals surface area contributed by atoms with Crippen molar-refractivity contribution in [3.8, 4) is 11.5 Å². The third-order valence-electron chi connectivity index (χ3n) is 4.50. The van der Waals surface area contributed by atoms with Crippen LogP contribution in [0.3, 0.4) is 0 Å². The second kappa shape index (κ2) is 6.93. The molecule has 3 atom stereocenters. The molecule has 0 spiro atoms. The number of hydrogen-bond donors (Lipinski definition) is 1. The van der Waals surface area contributed by atoms with Crippen LogP contribution in [-0.2, 0) is 4.79 Å². The smallest absolute Gasteiger partial charge is 0.255 e. The van der Waals surface area contributed by atoms with Gasteiger partial charge in [-0.2, -0.15) is 0 Å². The zero-order chi connectivity index (χ0) is 18.0. The van der Waals surface area contributed by atoms with Crippen LogP contribution in [0.1, 0.15) is 13.3 Å². The Balaban J connectivity index is 1.87. The number of rotatable bonds is 5. The fourth-order valence-corrected chi connectivity index (χ4v) is 3.13.